The van der Waals surface area contributed by atoms with E-state index in [-0.39, 0.29) is 6.10 Å². The van der Waals surface area contributed by atoms with Crippen LogP contribution in [0.2, 0.25) is 0 Å². The molecule has 1 rings (SSSR count). The van der Waals surface area contributed by atoms with E-state index >= 15 is 0 Å². The van der Waals surface area contributed by atoms with Gasteiger partial charge in [0.15, 0.2) is 0 Å². The van der Waals surface area contributed by atoms with Crippen LogP contribution in [-0.4, -0.2) is 48.8 Å². The predicted molar refractivity (Wildman–Crippen MR) is 82.3 cm³/mol. The molecule has 0 radical (unpaired) electrons. The lowest BCUT2D eigenvalue weighted by atomic mass is 9.86. The quantitative estimate of drug-likeness (QED) is 0.711. The first-order valence-electron chi connectivity index (χ1n) is 7.97. The molecule has 1 fully saturated rings. The molecule has 0 bridgehead atoms. The third-order valence-corrected chi connectivity index (χ3v) is 4.55. The van der Waals surface area contributed by atoms with Crippen molar-refractivity contribution in [1.82, 2.24) is 10.2 Å². The average Bonchev–Trinajstić information content (AvgIpc) is 2.77. The molecule has 19 heavy (non-hydrogen) atoms. The largest absolute Gasteiger partial charge is 0.393 e. The molecule has 0 spiro atoms. The third kappa shape index (κ3) is 5.80. The van der Waals surface area contributed by atoms with Crippen LogP contribution in [0.4, 0.5) is 0 Å². The predicted octanol–water partition coefficient (Wildman–Crippen LogP) is 2.35. The zero-order valence-corrected chi connectivity index (χ0v) is 13.6. The van der Waals surface area contributed by atoms with Crippen molar-refractivity contribution in [3.63, 3.8) is 0 Å². The van der Waals surface area contributed by atoms with Gasteiger partial charge in [0.05, 0.1) is 6.10 Å². The molecule has 0 aromatic rings. The molecule has 1 aliphatic heterocycles. The Labute approximate surface area is 119 Å². The van der Waals surface area contributed by atoms with E-state index in [0.717, 1.165) is 39.1 Å². The first-order valence-corrected chi connectivity index (χ1v) is 7.97. The summed E-state index contributed by atoms with van der Waals surface area (Å²) >= 11 is 0. The summed E-state index contributed by atoms with van der Waals surface area (Å²) in [5, 5.41) is 13.3. The molecular formula is C16H34N2O. The van der Waals surface area contributed by atoms with E-state index in [4.69, 9.17) is 0 Å². The molecule has 2 N–H and O–H groups in total. The van der Waals surface area contributed by atoms with Gasteiger partial charge in [-0.2, -0.15) is 0 Å². The highest BCUT2D eigenvalue weighted by Crippen LogP contribution is 2.27. The van der Waals surface area contributed by atoms with E-state index in [9.17, 15) is 5.11 Å². The van der Waals surface area contributed by atoms with Crippen LogP contribution < -0.4 is 5.32 Å². The van der Waals surface area contributed by atoms with Crippen molar-refractivity contribution >= 4 is 0 Å². The van der Waals surface area contributed by atoms with Crippen LogP contribution in [0.15, 0.2) is 0 Å². The third-order valence-electron chi connectivity index (χ3n) is 4.55. The lowest BCUT2D eigenvalue weighted by Gasteiger charge is -2.33. The first-order chi connectivity index (χ1) is 8.86. The van der Waals surface area contributed by atoms with E-state index in [1.807, 2.05) is 6.92 Å². The number of rotatable bonds is 8. The molecule has 3 heteroatoms. The maximum atomic E-state index is 9.69. The van der Waals surface area contributed by atoms with Gasteiger partial charge in [0.2, 0.25) is 0 Å². The minimum Gasteiger partial charge on any atom is -0.393 e. The number of hydrogen-bond acceptors (Lipinski definition) is 3. The van der Waals surface area contributed by atoms with Crippen molar-refractivity contribution < 1.29 is 5.11 Å². The minimum absolute atomic E-state index is 0.156. The van der Waals surface area contributed by atoms with Crippen LogP contribution in [0.5, 0.6) is 0 Å². The van der Waals surface area contributed by atoms with E-state index in [1.165, 1.54) is 6.42 Å². The molecule has 1 heterocycles. The Kier molecular flexibility index (Phi) is 6.78. The van der Waals surface area contributed by atoms with Gasteiger partial charge in [-0.15, -0.1) is 0 Å². The number of aliphatic hydroxyl groups is 1. The molecule has 0 aliphatic carbocycles. The topological polar surface area (TPSA) is 35.5 Å². The van der Waals surface area contributed by atoms with Gasteiger partial charge in [-0.05, 0) is 50.1 Å². The summed E-state index contributed by atoms with van der Waals surface area (Å²) in [4.78, 5) is 2.54. The zero-order chi connectivity index (χ0) is 14.5. The highest BCUT2D eigenvalue weighted by molar-refractivity contribution is 4.85. The molecule has 3 atom stereocenters. The minimum atomic E-state index is -0.156. The van der Waals surface area contributed by atoms with Crippen molar-refractivity contribution in [2.45, 2.75) is 53.6 Å². The van der Waals surface area contributed by atoms with Crippen LogP contribution in [0.3, 0.4) is 0 Å². The molecule has 3 unspecified atom stereocenters. The Balaban J connectivity index is 2.38. The van der Waals surface area contributed by atoms with Gasteiger partial charge in [-0.25, -0.2) is 0 Å². The lowest BCUT2D eigenvalue weighted by molar-refractivity contribution is 0.118. The summed E-state index contributed by atoms with van der Waals surface area (Å²) in [5.41, 5.74) is 0.350. The molecule has 1 aliphatic rings. The number of likely N-dealkylation sites (tertiary alicyclic amines) is 1. The highest BCUT2D eigenvalue weighted by atomic mass is 16.3. The van der Waals surface area contributed by atoms with Gasteiger partial charge in [0.1, 0.15) is 0 Å². The lowest BCUT2D eigenvalue weighted by Crippen LogP contribution is -2.42. The number of hydrogen-bond donors (Lipinski definition) is 2. The number of nitrogens with one attached hydrogen (secondary N) is 1. The number of aliphatic hydroxyl groups excluding tert-OH is 1. The number of nitrogens with zero attached hydrogens (tertiary/aromatic N) is 1. The van der Waals surface area contributed by atoms with Crippen LogP contribution >= 0.6 is 0 Å². The van der Waals surface area contributed by atoms with Crippen molar-refractivity contribution in [3.05, 3.63) is 0 Å². The second-order valence-electron chi connectivity index (χ2n) is 7.21. The van der Waals surface area contributed by atoms with Gasteiger partial charge in [0, 0.05) is 19.6 Å². The zero-order valence-electron chi connectivity index (χ0n) is 13.6. The SMILES string of the molecule is CCC(C)(CNCC(C)C)CN1CCC(C(C)O)C1. The van der Waals surface area contributed by atoms with E-state index in [1.54, 1.807) is 0 Å². The summed E-state index contributed by atoms with van der Waals surface area (Å²) in [6, 6.07) is 0. The van der Waals surface area contributed by atoms with Crippen molar-refractivity contribution in [1.29, 1.82) is 0 Å². The fraction of sp³-hybridized carbons (Fsp3) is 1.00. The Hall–Kier alpha value is -0.120. The molecular weight excluding hydrogens is 236 g/mol. The van der Waals surface area contributed by atoms with Crippen molar-refractivity contribution in [2.24, 2.45) is 17.3 Å². The molecule has 1 saturated heterocycles. The fourth-order valence-electron chi connectivity index (χ4n) is 2.90. The molecule has 0 aromatic carbocycles. The van der Waals surface area contributed by atoms with E-state index < -0.39 is 0 Å². The average molecular weight is 270 g/mol. The molecule has 0 amide bonds. The molecule has 114 valence electrons. The molecule has 0 aromatic heterocycles. The first kappa shape index (κ1) is 16.9. The van der Waals surface area contributed by atoms with Gasteiger partial charge >= 0.3 is 0 Å². The Bertz CT molecular complexity index is 255. The second kappa shape index (κ2) is 7.61. The van der Waals surface area contributed by atoms with Gasteiger partial charge in [0.25, 0.3) is 0 Å². The highest BCUT2D eigenvalue weighted by Gasteiger charge is 2.31. The summed E-state index contributed by atoms with van der Waals surface area (Å²) in [6.45, 7) is 16.7. The van der Waals surface area contributed by atoms with E-state index in [2.05, 4.69) is 37.9 Å². The van der Waals surface area contributed by atoms with Crippen LogP contribution in [0.25, 0.3) is 0 Å². The van der Waals surface area contributed by atoms with Gasteiger partial charge in [-0.3, -0.25) is 0 Å². The Morgan fingerprint density at radius 2 is 2.05 bits per heavy atom. The van der Waals surface area contributed by atoms with Crippen LogP contribution in [-0.2, 0) is 0 Å². The standard InChI is InChI=1S/C16H34N2O/c1-6-16(5,11-17-9-13(2)3)12-18-8-7-15(10-18)14(4)19/h13-15,17,19H,6-12H2,1-5H3. The second-order valence-corrected chi connectivity index (χ2v) is 7.21. The monoisotopic (exact) mass is 270 g/mol. The Morgan fingerprint density at radius 3 is 2.53 bits per heavy atom. The smallest absolute Gasteiger partial charge is 0.0552 e. The summed E-state index contributed by atoms with van der Waals surface area (Å²) in [6.07, 6.45) is 2.20. The normalized spacial score (nSPS) is 25.7. The molecule has 0 saturated carbocycles. The fourth-order valence-corrected chi connectivity index (χ4v) is 2.90. The maximum Gasteiger partial charge on any atom is 0.0552 e. The Morgan fingerprint density at radius 1 is 1.37 bits per heavy atom. The summed E-state index contributed by atoms with van der Waals surface area (Å²) < 4.78 is 0. The van der Waals surface area contributed by atoms with Gasteiger partial charge < -0.3 is 15.3 Å². The van der Waals surface area contributed by atoms with Crippen molar-refractivity contribution in [2.75, 3.05) is 32.7 Å². The summed E-state index contributed by atoms with van der Waals surface area (Å²) in [7, 11) is 0. The van der Waals surface area contributed by atoms with Crippen LogP contribution in [0, 0.1) is 17.3 Å². The summed E-state index contributed by atoms with van der Waals surface area (Å²) in [5.74, 6) is 1.19. The van der Waals surface area contributed by atoms with Crippen LogP contribution in [0.1, 0.15) is 47.5 Å². The van der Waals surface area contributed by atoms with E-state index in [0.29, 0.717) is 17.3 Å². The maximum absolute atomic E-state index is 9.69. The van der Waals surface area contributed by atoms with Gasteiger partial charge in [-0.1, -0.05) is 27.7 Å². The van der Waals surface area contributed by atoms with Crippen molar-refractivity contribution in [3.8, 4) is 0 Å². The molecule has 3 nitrogen and oxygen atoms in total.